The van der Waals surface area contributed by atoms with Crippen LogP contribution in [0.3, 0.4) is 0 Å². The fourth-order valence-electron chi connectivity index (χ4n) is 3.19. The van der Waals surface area contributed by atoms with Gasteiger partial charge in [-0.25, -0.2) is 0 Å². The standard InChI is InChI=1S/C18H26O2/c1-11(2)10-15-6-8-16(9-7-15)18(19)17-12(3)13(4)20-14(17)5/h6-9,11-14,17H,10H2,1-5H3. The molecule has 1 aromatic carbocycles. The van der Waals surface area contributed by atoms with E-state index in [4.69, 9.17) is 4.74 Å². The second kappa shape index (κ2) is 6.09. The SMILES string of the molecule is CC(C)Cc1ccc(C(=O)C2C(C)OC(C)C2C)cc1. The molecular weight excluding hydrogens is 248 g/mol. The van der Waals surface area contributed by atoms with Crippen LogP contribution >= 0.6 is 0 Å². The Labute approximate surface area is 122 Å². The zero-order valence-corrected chi connectivity index (χ0v) is 13.2. The van der Waals surface area contributed by atoms with Gasteiger partial charge >= 0.3 is 0 Å². The highest BCUT2D eigenvalue weighted by Gasteiger charge is 2.41. The van der Waals surface area contributed by atoms with Crippen LogP contribution in [0.4, 0.5) is 0 Å². The number of ketones is 1. The van der Waals surface area contributed by atoms with Crippen molar-refractivity contribution in [3.8, 4) is 0 Å². The van der Waals surface area contributed by atoms with Gasteiger partial charge in [0.05, 0.1) is 18.1 Å². The van der Waals surface area contributed by atoms with Crippen LogP contribution in [0.15, 0.2) is 24.3 Å². The van der Waals surface area contributed by atoms with Crippen LogP contribution in [0.25, 0.3) is 0 Å². The number of hydrogen-bond acceptors (Lipinski definition) is 2. The quantitative estimate of drug-likeness (QED) is 0.772. The summed E-state index contributed by atoms with van der Waals surface area (Å²) < 4.78 is 5.78. The molecule has 0 spiro atoms. The predicted molar refractivity (Wildman–Crippen MR) is 82.0 cm³/mol. The average Bonchev–Trinajstić information content (AvgIpc) is 2.63. The molecule has 1 aromatic rings. The topological polar surface area (TPSA) is 26.3 Å². The second-order valence-electron chi connectivity index (χ2n) is 6.59. The van der Waals surface area contributed by atoms with Crippen LogP contribution in [0.1, 0.15) is 50.5 Å². The van der Waals surface area contributed by atoms with E-state index in [-0.39, 0.29) is 29.8 Å². The summed E-state index contributed by atoms with van der Waals surface area (Å²) in [6, 6.07) is 8.12. The molecule has 20 heavy (non-hydrogen) atoms. The summed E-state index contributed by atoms with van der Waals surface area (Å²) in [7, 11) is 0. The molecule has 1 fully saturated rings. The minimum absolute atomic E-state index is 0.0130. The largest absolute Gasteiger partial charge is 0.374 e. The van der Waals surface area contributed by atoms with Gasteiger partial charge in [0, 0.05) is 5.56 Å². The van der Waals surface area contributed by atoms with Crippen molar-refractivity contribution in [1.82, 2.24) is 0 Å². The van der Waals surface area contributed by atoms with E-state index in [1.807, 2.05) is 19.1 Å². The lowest BCUT2D eigenvalue weighted by Gasteiger charge is -2.17. The van der Waals surface area contributed by atoms with Crippen molar-refractivity contribution < 1.29 is 9.53 Å². The summed E-state index contributed by atoms with van der Waals surface area (Å²) in [5.74, 6) is 1.14. The molecule has 2 rings (SSSR count). The van der Waals surface area contributed by atoms with Crippen LogP contribution in [0, 0.1) is 17.8 Å². The number of benzene rings is 1. The molecule has 0 aromatic heterocycles. The molecule has 0 bridgehead atoms. The van der Waals surface area contributed by atoms with Gasteiger partial charge in [0.2, 0.25) is 0 Å². The first-order chi connectivity index (χ1) is 9.40. The van der Waals surface area contributed by atoms with Crippen molar-refractivity contribution in [2.24, 2.45) is 17.8 Å². The molecule has 2 heteroatoms. The number of Topliss-reactive ketones (excluding diaryl/α,β-unsaturated/α-hetero) is 1. The van der Waals surface area contributed by atoms with Crippen molar-refractivity contribution in [3.05, 3.63) is 35.4 Å². The van der Waals surface area contributed by atoms with Gasteiger partial charge in [-0.2, -0.15) is 0 Å². The van der Waals surface area contributed by atoms with Crippen LogP contribution < -0.4 is 0 Å². The first-order valence-electron chi connectivity index (χ1n) is 7.68. The number of carbonyl (C=O) groups excluding carboxylic acids is 1. The van der Waals surface area contributed by atoms with Crippen LogP contribution in [0.2, 0.25) is 0 Å². The molecule has 1 saturated heterocycles. The molecule has 2 nitrogen and oxygen atoms in total. The minimum atomic E-state index is -0.0130. The van der Waals surface area contributed by atoms with Crippen molar-refractivity contribution in [2.45, 2.75) is 53.2 Å². The third-order valence-electron chi connectivity index (χ3n) is 4.43. The second-order valence-corrected chi connectivity index (χ2v) is 6.59. The highest BCUT2D eigenvalue weighted by atomic mass is 16.5. The van der Waals surface area contributed by atoms with Crippen LogP contribution in [-0.2, 0) is 11.2 Å². The third-order valence-corrected chi connectivity index (χ3v) is 4.43. The lowest BCUT2D eigenvalue weighted by molar-refractivity contribution is 0.0491. The maximum Gasteiger partial charge on any atom is 0.168 e. The minimum Gasteiger partial charge on any atom is -0.374 e. The Kier molecular flexibility index (Phi) is 4.64. The lowest BCUT2D eigenvalue weighted by Crippen LogP contribution is -2.26. The lowest BCUT2D eigenvalue weighted by atomic mass is 9.83. The van der Waals surface area contributed by atoms with Gasteiger partial charge in [0.25, 0.3) is 0 Å². The predicted octanol–water partition coefficient (Wildman–Crippen LogP) is 4.13. The highest BCUT2D eigenvalue weighted by molar-refractivity contribution is 5.98. The number of carbonyl (C=O) groups is 1. The van der Waals surface area contributed by atoms with Crippen LogP contribution in [0.5, 0.6) is 0 Å². The first-order valence-corrected chi connectivity index (χ1v) is 7.68. The summed E-state index contributed by atoms with van der Waals surface area (Å²) >= 11 is 0. The Hall–Kier alpha value is -1.15. The maximum atomic E-state index is 12.7. The Morgan fingerprint density at radius 2 is 1.70 bits per heavy atom. The van der Waals surface area contributed by atoms with Gasteiger partial charge in [-0.1, -0.05) is 45.0 Å². The fraction of sp³-hybridized carbons (Fsp3) is 0.611. The third kappa shape index (κ3) is 3.12. The molecule has 0 N–H and O–H groups in total. The molecule has 1 aliphatic heterocycles. The normalized spacial score (nSPS) is 29.9. The van der Waals surface area contributed by atoms with E-state index in [1.54, 1.807) is 0 Å². The van der Waals surface area contributed by atoms with E-state index in [2.05, 4.69) is 39.8 Å². The molecule has 1 aliphatic rings. The molecular formula is C18H26O2. The smallest absolute Gasteiger partial charge is 0.168 e. The number of hydrogen-bond donors (Lipinski definition) is 0. The molecule has 110 valence electrons. The van der Waals surface area contributed by atoms with Crippen molar-refractivity contribution in [2.75, 3.05) is 0 Å². The Morgan fingerprint density at radius 3 is 2.15 bits per heavy atom. The summed E-state index contributed by atoms with van der Waals surface area (Å²) in [6.45, 7) is 10.6. The first kappa shape index (κ1) is 15.2. The molecule has 0 radical (unpaired) electrons. The summed E-state index contributed by atoms with van der Waals surface area (Å²) in [6.07, 6.45) is 1.24. The Bertz CT molecular complexity index is 461. The summed E-state index contributed by atoms with van der Waals surface area (Å²) in [5.41, 5.74) is 2.12. The van der Waals surface area contributed by atoms with Gasteiger partial charge in [-0.3, -0.25) is 4.79 Å². The summed E-state index contributed by atoms with van der Waals surface area (Å²) in [4.78, 5) is 12.7. The van der Waals surface area contributed by atoms with E-state index in [9.17, 15) is 4.79 Å². The monoisotopic (exact) mass is 274 g/mol. The van der Waals surface area contributed by atoms with E-state index >= 15 is 0 Å². The van der Waals surface area contributed by atoms with E-state index in [0.717, 1.165) is 12.0 Å². The zero-order valence-electron chi connectivity index (χ0n) is 13.2. The Morgan fingerprint density at radius 1 is 1.10 bits per heavy atom. The van der Waals surface area contributed by atoms with E-state index in [0.29, 0.717) is 5.92 Å². The van der Waals surface area contributed by atoms with Gasteiger partial charge in [0.15, 0.2) is 5.78 Å². The van der Waals surface area contributed by atoms with Gasteiger partial charge in [0.1, 0.15) is 0 Å². The van der Waals surface area contributed by atoms with Gasteiger partial charge < -0.3 is 4.74 Å². The fourth-order valence-corrected chi connectivity index (χ4v) is 3.19. The maximum absolute atomic E-state index is 12.7. The molecule has 4 unspecified atom stereocenters. The number of rotatable bonds is 4. The zero-order chi connectivity index (χ0) is 14.9. The van der Waals surface area contributed by atoms with E-state index < -0.39 is 0 Å². The van der Waals surface area contributed by atoms with Crippen molar-refractivity contribution in [3.63, 3.8) is 0 Å². The Balaban J connectivity index is 2.13. The summed E-state index contributed by atoms with van der Waals surface area (Å²) in [5, 5.41) is 0. The van der Waals surface area contributed by atoms with Crippen molar-refractivity contribution in [1.29, 1.82) is 0 Å². The average molecular weight is 274 g/mol. The highest BCUT2D eigenvalue weighted by Crippen LogP contribution is 2.34. The molecule has 4 atom stereocenters. The van der Waals surface area contributed by atoms with Crippen molar-refractivity contribution >= 4 is 5.78 Å². The van der Waals surface area contributed by atoms with Crippen LogP contribution in [-0.4, -0.2) is 18.0 Å². The van der Waals surface area contributed by atoms with Gasteiger partial charge in [-0.15, -0.1) is 0 Å². The van der Waals surface area contributed by atoms with Gasteiger partial charge in [-0.05, 0) is 37.7 Å². The molecule has 0 saturated carbocycles. The molecule has 0 amide bonds. The molecule has 1 heterocycles. The molecule has 0 aliphatic carbocycles. The van der Waals surface area contributed by atoms with E-state index in [1.165, 1.54) is 5.56 Å². The number of ether oxygens (including phenoxy) is 1.